The summed E-state index contributed by atoms with van der Waals surface area (Å²) in [6.45, 7) is 2.16. The molecule has 0 bridgehead atoms. The van der Waals surface area contributed by atoms with Crippen LogP contribution in [0.15, 0.2) is 30.3 Å². The zero-order valence-corrected chi connectivity index (χ0v) is 9.55. The zero-order chi connectivity index (χ0) is 10.7. The molecule has 1 aromatic carbocycles. The summed E-state index contributed by atoms with van der Waals surface area (Å²) in [6, 6.07) is 10.1. The van der Waals surface area contributed by atoms with Gasteiger partial charge in [0.2, 0.25) is 0 Å². The van der Waals surface area contributed by atoms with Crippen LogP contribution in [0.4, 0.5) is 5.69 Å². The molecule has 0 saturated carbocycles. The smallest absolute Gasteiger partial charge is 0.189 e. The molecule has 1 heterocycles. The number of benzene rings is 1. The van der Waals surface area contributed by atoms with Crippen LogP contribution in [-0.4, -0.2) is 11.3 Å². The molecule has 3 nitrogen and oxygen atoms in total. The van der Waals surface area contributed by atoms with Crippen molar-refractivity contribution in [1.82, 2.24) is 10.7 Å². The van der Waals surface area contributed by atoms with E-state index in [4.69, 9.17) is 12.2 Å². The molecule has 2 N–H and O–H groups in total. The van der Waals surface area contributed by atoms with Crippen LogP contribution in [-0.2, 0) is 0 Å². The van der Waals surface area contributed by atoms with Gasteiger partial charge in [0.1, 0.15) is 0 Å². The monoisotopic (exact) mass is 221 g/mol. The summed E-state index contributed by atoms with van der Waals surface area (Å²) in [5, 5.41) is 5.93. The quantitative estimate of drug-likeness (QED) is 0.764. The van der Waals surface area contributed by atoms with Gasteiger partial charge in [0.05, 0.1) is 11.9 Å². The SMILES string of the molecule is CCCC1NC(=S)N(c2ccccc2)N1. The number of rotatable bonds is 3. The summed E-state index contributed by atoms with van der Waals surface area (Å²) in [5.41, 5.74) is 4.42. The number of thiocarbonyl (C=S) groups is 1. The largest absolute Gasteiger partial charge is 0.344 e. The van der Waals surface area contributed by atoms with Crippen LogP contribution in [0.2, 0.25) is 0 Å². The van der Waals surface area contributed by atoms with E-state index in [2.05, 4.69) is 17.7 Å². The van der Waals surface area contributed by atoms with Crippen molar-refractivity contribution in [3.63, 3.8) is 0 Å². The molecule has 80 valence electrons. The first kappa shape index (κ1) is 10.4. The molecule has 1 aliphatic rings. The zero-order valence-electron chi connectivity index (χ0n) is 8.73. The molecule has 2 rings (SSSR count). The van der Waals surface area contributed by atoms with Crippen LogP contribution in [0, 0.1) is 0 Å². The fourth-order valence-corrected chi connectivity index (χ4v) is 1.95. The second kappa shape index (κ2) is 4.59. The fourth-order valence-electron chi connectivity index (χ4n) is 1.65. The van der Waals surface area contributed by atoms with Crippen LogP contribution in [0.5, 0.6) is 0 Å². The van der Waals surface area contributed by atoms with Crippen LogP contribution in [0.3, 0.4) is 0 Å². The molecular formula is C11H15N3S. The third-order valence-corrected chi connectivity index (χ3v) is 2.68. The van der Waals surface area contributed by atoms with Gasteiger partial charge in [-0.2, -0.15) is 0 Å². The summed E-state index contributed by atoms with van der Waals surface area (Å²) < 4.78 is 0. The third kappa shape index (κ3) is 2.27. The van der Waals surface area contributed by atoms with Crippen LogP contribution in [0.1, 0.15) is 19.8 Å². The number of para-hydroxylation sites is 1. The predicted octanol–water partition coefficient (Wildman–Crippen LogP) is 2.01. The van der Waals surface area contributed by atoms with Crippen molar-refractivity contribution in [2.75, 3.05) is 5.01 Å². The lowest BCUT2D eigenvalue weighted by molar-refractivity contribution is 0.508. The highest BCUT2D eigenvalue weighted by molar-refractivity contribution is 7.80. The molecule has 0 spiro atoms. The summed E-state index contributed by atoms with van der Waals surface area (Å²) in [6.07, 6.45) is 2.47. The first-order valence-corrected chi connectivity index (χ1v) is 5.64. The molecule has 0 radical (unpaired) electrons. The Morgan fingerprint density at radius 2 is 2.07 bits per heavy atom. The third-order valence-electron chi connectivity index (χ3n) is 2.38. The van der Waals surface area contributed by atoms with Crippen LogP contribution < -0.4 is 15.8 Å². The van der Waals surface area contributed by atoms with Crippen molar-refractivity contribution in [3.8, 4) is 0 Å². The van der Waals surface area contributed by atoms with Gasteiger partial charge in [-0.15, -0.1) is 0 Å². The van der Waals surface area contributed by atoms with E-state index in [1.807, 2.05) is 35.3 Å². The molecule has 1 atom stereocenters. The van der Waals surface area contributed by atoms with Gasteiger partial charge in [-0.05, 0) is 30.8 Å². The molecule has 1 aromatic rings. The highest BCUT2D eigenvalue weighted by atomic mass is 32.1. The molecule has 4 heteroatoms. The number of hydrazine groups is 1. The standard InChI is InChI=1S/C11H15N3S/c1-2-6-10-12-11(15)14(13-10)9-7-4-3-5-8-9/h3-5,7-8,10,13H,2,6H2,1H3,(H,12,15). The average molecular weight is 221 g/mol. The van der Waals surface area contributed by atoms with Crippen molar-refractivity contribution in [3.05, 3.63) is 30.3 Å². The molecule has 1 aliphatic heterocycles. The normalized spacial score (nSPS) is 20.5. The van der Waals surface area contributed by atoms with E-state index < -0.39 is 0 Å². The van der Waals surface area contributed by atoms with Crippen molar-refractivity contribution < 1.29 is 0 Å². The Labute approximate surface area is 95.4 Å². The first-order valence-electron chi connectivity index (χ1n) is 5.23. The Balaban J connectivity index is 2.09. The number of hydrogen-bond donors (Lipinski definition) is 2. The van der Waals surface area contributed by atoms with E-state index in [-0.39, 0.29) is 6.17 Å². The first-order chi connectivity index (χ1) is 7.31. The molecular weight excluding hydrogens is 206 g/mol. The Hall–Kier alpha value is -1.13. The Morgan fingerprint density at radius 3 is 2.73 bits per heavy atom. The van der Waals surface area contributed by atoms with E-state index in [9.17, 15) is 0 Å². The maximum atomic E-state index is 5.27. The van der Waals surface area contributed by atoms with E-state index in [0.717, 1.165) is 23.6 Å². The minimum absolute atomic E-state index is 0.266. The Kier molecular flexibility index (Phi) is 3.18. The van der Waals surface area contributed by atoms with Crippen molar-refractivity contribution in [2.45, 2.75) is 25.9 Å². The lowest BCUT2D eigenvalue weighted by atomic mass is 10.3. The van der Waals surface area contributed by atoms with Gasteiger partial charge in [0.25, 0.3) is 0 Å². The number of anilines is 1. The maximum absolute atomic E-state index is 5.27. The second-order valence-electron chi connectivity index (χ2n) is 3.59. The number of nitrogens with zero attached hydrogens (tertiary/aromatic N) is 1. The Morgan fingerprint density at radius 1 is 1.33 bits per heavy atom. The second-order valence-corrected chi connectivity index (χ2v) is 3.98. The van der Waals surface area contributed by atoms with E-state index in [0.29, 0.717) is 0 Å². The minimum atomic E-state index is 0.266. The van der Waals surface area contributed by atoms with Gasteiger partial charge < -0.3 is 5.32 Å². The van der Waals surface area contributed by atoms with Crippen molar-refractivity contribution in [2.24, 2.45) is 0 Å². The van der Waals surface area contributed by atoms with Crippen LogP contribution >= 0.6 is 12.2 Å². The van der Waals surface area contributed by atoms with E-state index in [1.165, 1.54) is 0 Å². The molecule has 15 heavy (non-hydrogen) atoms. The fraction of sp³-hybridized carbons (Fsp3) is 0.364. The highest BCUT2D eigenvalue weighted by Crippen LogP contribution is 2.15. The summed E-state index contributed by atoms with van der Waals surface area (Å²) >= 11 is 5.27. The average Bonchev–Trinajstić information content (AvgIpc) is 2.61. The lowest BCUT2D eigenvalue weighted by Gasteiger charge is -2.17. The van der Waals surface area contributed by atoms with Gasteiger partial charge >= 0.3 is 0 Å². The summed E-state index contributed by atoms with van der Waals surface area (Å²) in [4.78, 5) is 0. The lowest BCUT2D eigenvalue weighted by Crippen LogP contribution is -2.37. The summed E-state index contributed by atoms with van der Waals surface area (Å²) in [7, 11) is 0. The van der Waals surface area contributed by atoms with Gasteiger partial charge in [-0.1, -0.05) is 31.5 Å². The topological polar surface area (TPSA) is 27.3 Å². The van der Waals surface area contributed by atoms with Crippen molar-refractivity contribution in [1.29, 1.82) is 0 Å². The molecule has 1 unspecified atom stereocenters. The van der Waals surface area contributed by atoms with Gasteiger partial charge in [-0.25, -0.2) is 5.43 Å². The minimum Gasteiger partial charge on any atom is -0.344 e. The van der Waals surface area contributed by atoms with E-state index >= 15 is 0 Å². The summed E-state index contributed by atoms with van der Waals surface area (Å²) in [5.74, 6) is 0. The molecule has 0 aromatic heterocycles. The molecule has 1 fully saturated rings. The Bertz CT molecular complexity index is 339. The predicted molar refractivity (Wildman–Crippen MR) is 66.5 cm³/mol. The molecule has 0 amide bonds. The highest BCUT2D eigenvalue weighted by Gasteiger charge is 2.24. The van der Waals surface area contributed by atoms with Crippen molar-refractivity contribution >= 4 is 23.0 Å². The number of nitrogens with one attached hydrogen (secondary N) is 2. The number of hydrogen-bond acceptors (Lipinski definition) is 2. The van der Waals surface area contributed by atoms with Gasteiger partial charge in [0, 0.05) is 0 Å². The van der Waals surface area contributed by atoms with Crippen LogP contribution in [0.25, 0.3) is 0 Å². The van der Waals surface area contributed by atoms with E-state index in [1.54, 1.807) is 0 Å². The maximum Gasteiger partial charge on any atom is 0.189 e. The van der Waals surface area contributed by atoms with Gasteiger partial charge in [0.15, 0.2) is 5.11 Å². The molecule has 0 aliphatic carbocycles. The van der Waals surface area contributed by atoms with Gasteiger partial charge in [-0.3, -0.25) is 5.01 Å². The molecule has 1 saturated heterocycles.